The number of allylic oxidation sites excluding steroid dienone is 1. The van der Waals surface area contributed by atoms with Crippen LogP contribution in [-0.2, 0) is 9.53 Å². The van der Waals surface area contributed by atoms with Crippen molar-refractivity contribution in [1.82, 2.24) is 0 Å². The van der Waals surface area contributed by atoms with Gasteiger partial charge in [0.1, 0.15) is 5.03 Å². The van der Waals surface area contributed by atoms with Gasteiger partial charge in [0.2, 0.25) is 0 Å². The van der Waals surface area contributed by atoms with Crippen molar-refractivity contribution in [3.63, 3.8) is 0 Å². The number of rotatable bonds is 3. The van der Waals surface area contributed by atoms with E-state index in [-0.39, 0.29) is 5.03 Å². The first kappa shape index (κ1) is 15.8. The molecule has 1 aliphatic carbocycles. The number of halogens is 1. The van der Waals surface area contributed by atoms with Crippen LogP contribution >= 0.6 is 11.6 Å². The Labute approximate surface area is 105 Å². The van der Waals surface area contributed by atoms with Gasteiger partial charge in [-0.25, -0.2) is 9.59 Å². The molecule has 6 heteroatoms. The van der Waals surface area contributed by atoms with Crippen LogP contribution in [0.4, 0.5) is 4.79 Å². The lowest BCUT2D eigenvalue weighted by Crippen LogP contribution is -2.04. The molecule has 98 valence electrons. The number of hydrogen-bond donors (Lipinski definition) is 2. The Balaban J connectivity index is 0.000000557. The molecule has 0 amide bonds. The van der Waals surface area contributed by atoms with E-state index >= 15 is 0 Å². The summed E-state index contributed by atoms with van der Waals surface area (Å²) in [6.07, 6.45) is 1.07. The minimum atomic E-state index is -1.83. The van der Waals surface area contributed by atoms with Crippen molar-refractivity contribution in [2.45, 2.75) is 27.2 Å². The van der Waals surface area contributed by atoms with Gasteiger partial charge in [-0.2, -0.15) is 0 Å². The molecule has 2 N–H and O–H groups in total. The van der Waals surface area contributed by atoms with E-state index in [1.807, 2.05) is 0 Å². The molecule has 0 aromatic carbocycles. The standard InChI is InChI=1S/C10H15ClO2.CH2O3/c1-4-13-9(12)8(11)5-7-6-10(7,2)3;2-1(3)4/h5,7H,4,6H2,1-3H3;(H2,2,3,4). The largest absolute Gasteiger partial charge is 0.503 e. The molecule has 0 heterocycles. The Morgan fingerprint density at radius 2 is 1.88 bits per heavy atom. The third-order valence-corrected chi connectivity index (χ3v) is 2.69. The predicted molar refractivity (Wildman–Crippen MR) is 63.1 cm³/mol. The lowest BCUT2D eigenvalue weighted by molar-refractivity contribution is -0.137. The van der Waals surface area contributed by atoms with Gasteiger partial charge in [0.05, 0.1) is 6.61 Å². The van der Waals surface area contributed by atoms with Gasteiger partial charge in [0.15, 0.2) is 0 Å². The quantitative estimate of drug-likeness (QED) is 0.605. The van der Waals surface area contributed by atoms with Gasteiger partial charge in [-0.3, -0.25) is 0 Å². The molecule has 0 bridgehead atoms. The highest BCUT2D eigenvalue weighted by atomic mass is 35.5. The molecule has 0 aliphatic heterocycles. The maximum Gasteiger partial charge on any atom is 0.503 e. The summed E-state index contributed by atoms with van der Waals surface area (Å²) in [6, 6.07) is 0. The Kier molecular flexibility index (Phi) is 6.02. The maximum atomic E-state index is 11.1. The summed E-state index contributed by atoms with van der Waals surface area (Å²) in [4.78, 5) is 19.7. The van der Waals surface area contributed by atoms with Crippen LogP contribution in [0.5, 0.6) is 0 Å². The normalized spacial score (nSPS) is 20.9. The Morgan fingerprint density at radius 1 is 1.47 bits per heavy atom. The summed E-state index contributed by atoms with van der Waals surface area (Å²) in [7, 11) is 0. The average molecular weight is 265 g/mol. The highest BCUT2D eigenvalue weighted by Gasteiger charge is 2.44. The van der Waals surface area contributed by atoms with E-state index in [1.165, 1.54) is 0 Å². The fraction of sp³-hybridized carbons (Fsp3) is 0.636. The second-order valence-corrected chi connectivity index (χ2v) is 4.72. The van der Waals surface area contributed by atoms with Crippen molar-refractivity contribution in [3.8, 4) is 0 Å². The molecule has 17 heavy (non-hydrogen) atoms. The summed E-state index contributed by atoms with van der Waals surface area (Å²) in [5.74, 6) is 0.0243. The molecule has 0 spiro atoms. The van der Waals surface area contributed by atoms with Crippen LogP contribution in [-0.4, -0.2) is 28.9 Å². The van der Waals surface area contributed by atoms with Crippen LogP contribution < -0.4 is 0 Å². The molecule has 1 saturated carbocycles. The van der Waals surface area contributed by atoms with Gasteiger partial charge >= 0.3 is 12.1 Å². The molecular formula is C11H17ClO5. The first-order valence-corrected chi connectivity index (χ1v) is 5.54. The first-order chi connectivity index (χ1) is 7.70. The van der Waals surface area contributed by atoms with Crippen LogP contribution in [0, 0.1) is 11.3 Å². The van der Waals surface area contributed by atoms with Crippen molar-refractivity contribution >= 4 is 23.7 Å². The second kappa shape index (κ2) is 6.49. The summed E-state index contributed by atoms with van der Waals surface area (Å²) < 4.78 is 4.76. The van der Waals surface area contributed by atoms with Crippen LogP contribution in [0.15, 0.2) is 11.1 Å². The van der Waals surface area contributed by atoms with Gasteiger partial charge in [-0.15, -0.1) is 0 Å². The number of carbonyl (C=O) groups is 2. The minimum absolute atomic E-state index is 0.220. The molecule has 0 radical (unpaired) electrons. The molecule has 1 aliphatic rings. The minimum Gasteiger partial charge on any atom is -0.462 e. The fourth-order valence-corrected chi connectivity index (χ4v) is 1.44. The Morgan fingerprint density at radius 3 is 2.18 bits per heavy atom. The van der Waals surface area contributed by atoms with Crippen molar-refractivity contribution in [2.75, 3.05) is 6.61 Å². The summed E-state index contributed by atoms with van der Waals surface area (Å²) >= 11 is 5.76. The fourth-order valence-electron chi connectivity index (χ4n) is 1.24. The van der Waals surface area contributed by atoms with Crippen LogP contribution in [0.25, 0.3) is 0 Å². The lowest BCUT2D eigenvalue weighted by atomic mass is 10.1. The third-order valence-electron chi connectivity index (χ3n) is 2.41. The van der Waals surface area contributed by atoms with Crippen molar-refractivity contribution in [1.29, 1.82) is 0 Å². The zero-order valence-corrected chi connectivity index (χ0v) is 10.8. The van der Waals surface area contributed by atoms with E-state index < -0.39 is 12.1 Å². The molecule has 1 rings (SSSR count). The smallest absolute Gasteiger partial charge is 0.462 e. The Bertz CT molecular complexity index is 318. The van der Waals surface area contributed by atoms with E-state index in [0.29, 0.717) is 17.9 Å². The van der Waals surface area contributed by atoms with Gasteiger partial charge in [-0.1, -0.05) is 31.5 Å². The van der Waals surface area contributed by atoms with Gasteiger partial charge in [0, 0.05) is 0 Å². The predicted octanol–water partition coefficient (Wildman–Crippen LogP) is 2.94. The van der Waals surface area contributed by atoms with E-state index in [2.05, 4.69) is 13.8 Å². The van der Waals surface area contributed by atoms with E-state index in [1.54, 1.807) is 13.0 Å². The molecule has 1 unspecified atom stereocenters. The van der Waals surface area contributed by atoms with Gasteiger partial charge in [0.25, 0.3) is 0 Å². The second-order valence-electron chi connectivity index (χ2n) is 4.32. The van der Waals surface area contributed by atoms with E-state index in [0.717, 1.165) is 6.42 Å². The van der Waals surface area contributed by atoms with Crippen LogP contribution in [0.2, 0.25) is 0 Å². The van der Waals surface area contributed by atoms with Crippen LogP contribution in [0.1, 0.15) is 27.2 Å². The monoisotopic (exact) mass is 264 g/mol. The van der Waals surface area contributed by atoms with Crippen LogP contribution in [0.3, 0.4) is 0 Å². The average Bonchev–Trinajstić information content (AvgIpc) is 2.72. The van der Waals surface area contributed by atoms with Gasteiger partial charge in [-0.05, 0) is 24.7 Å². The zero-order valence-electron chi connectivity index (χ0n) is 10.1. The number of esters is 1. The summed E-state index contributed by atoms with van der Waals surface area (Å²) in [5.41, 5.74) is 0.312. The van der Waals surface area contributed by atoms with Crippen molar-refractivity contribution in [2.24, 2.45) is 11.3 Å². The third kappa shape index (κ3) is 6.84. The molecule has 5 nitrogen and oxygen atoms in total. The first-order valence-electron chi connectivity index (χ1n) is 5.17. The molecule has 0 saturated heterocycles. The molecule has 0 aromatic heterocycles. The lowest BCUT2D eigenvalue weighted by Gasteiger charge is -2.00. The molecule has 1 atom stereocenters. The number of ether oxygens (including phenoxy) is 1. The topological polar surface area (TPSA) is 83.8 Å². The molecule has 1 fully saturated rings. The molecular weight excluding hydrogens is 248 g/mol. The highest BCUT2D eigenvalue weighted by Crippen LogP contribution is 2.53. The van der Waals surface area contributed by atoms with E-state index in [4.69, 9.17) is 31.3 Å². The van der Waals surface area contributed by atoms with Crippen molar-refractivity contribution < 1.29 is 24.5 Å². The molecule has 0 aromatic rings. The summed E-state index contributed by atoms with van der Waals surface area (Å²) in [6.45, 7) is 6.45. The SMILES string of the molecule is CCOC(=O)C(Cl)=CC1CC1(C)C.O=C(O)O. The highest BCUT2D eigenvalue weighted by molar-refractivity contribution is 6.41. The van der Waals surface area contributed by atoms with Gasteiger partial charge < -0.3 is 14.9 Å². The zero-order chi connectivity index (χ0) is 13.6. The number of carboxylic acid groups (broad SMARTS) is 2. The summed E-state index contributed by atoms with van der Waals surface area (Å²) in [5, 5.41) is 14.2. The van der Waals surface area contributed by atoms with Crippen molar-refractivity contribution in [3.05, 3.63) is 11.1 Å². The van der Waals surface area contributed by atoms with E-state index in [9.17, 15) is 4.79 Å². The number of hydrogen-bond acceptors (Lipinski definition) is 3. The number of carbonyl (C=O) groups excluding carboxylic acids is 1. The maximum absolute atomic E-state index is 11.1. The Hall–Kier alpha value is -1.23.